The number of benzene rings is 1. The minimum absolute atomic E-state index is 0.0890. The van der Waals surface area contributed by atoms with Crippen molar-refractivity contribution in [3.63, 3.8) is 0 Å². The molecule has 322 valence electrons. The molecular formula is C47H63N7O5S. The topological polar surface area (TPSA) is 140 Å². The number of hydrazine groups is 1. The van der Waals surface area contributed by atoms with Crippen LogP contribution in [-0.4, -0.2) is 82.8 Å². The molecule has 1 unspecified atom stereocenters. The number of carbonyl (C=O) groups is 3. The van der Waals surface area contributed by atoms with E-state index in [4.69, 9.17) is 19.4 Å². The molecule has 7 atom stereocenters. The summed E-state index contributed by atoms with van der Waals surface area (Å²) in [6, 6.07) is 7.96. The van der Waals surface area contributed by atoms with Crippen molar-refractivity contribution < 1.29 is 23.9 Å². The van der Waals surface area contributed by atoms with E-state index in [1.54, 1.807) is 7.11 Å². The number of pyridine rings is 1. The van der Waals surface area contributed by atoms with Crippen LogP contribution in [0.1, 0.15) is 120 Å². The van der Waals surface area contributed by atoms with Gasteiger partial charge in [0.2, 0.25) is 5.91 Å². The molecule has 1 saturated heterocycles. The summed E-state index contributed by atoms with van der Waals surface area (Å²) in [5.41, 5.74) is 11.2. The maximum absolute atomic E-state index is 14.2. The Morgan fingerprint density at radius 1 is 1.13 bits per heavy atom. The Kier molecular flexibility index (Phi) is 12.5. The molecule has 3 N–H and O–H groups in total. The number of nitrogens with one attached hydrogen (secondary N) is 3. The highest BCUT2D eigenvalue weighted by atomic mass is 32.1. The molecule has 4 aromatic rings. The molecule has 6 bridgehead atoms. The molecule has 2 saturated carbocycles. The van der Waals surface area contributed by atoms with Crippen molar-refractivity contribution in [3.05, 3.63) is 57.7 Å². The summed E-state index contributed by atoms with van der Waals surface area (Å²) >= 11 is 1.50. The molecule has 2 amide bonds. The molecule has 2 aliphatic carbocycles. The van der Waals surface area contributed by atoms with Crippen LogP contribution in [0.15, 0.2) is 35.8 Å². The largest absolute Gasteiger partial charge is 0.464 e. The van der Waals surface area contributed by atoms with Gasteiger partial charge in [0, 0.05) is 77.6 Å². The van der Waals surface area contributed by atoms with E-state index in [0.29, 0.717) is 43.7 Å². The molecule has 4 aliphatic rings. The summed E-state index contributed by atoms with van der Waals surface area (Å²) in [7, 11) is 3.82. The first-order valence-electron chi connectivity index (χ1n) is 22.2. The molecule has 2 aliphatic heterocycles. The van der Waals surface area contributed by atoms with Crippen molar-refractivity contribution in [2.45, 2.75) is 136 Å². The second-order valence-electron chi connectivity index (χ2n) is 18.6. The zero-order valence-electron chi connectivity index (χ0n) is 36.4. The van der Waals surface area contributed by atoms with Crippen LogP contribution in [0, 0.1) is 17.3 Å². The average Bonchev–Trinajstić information content (AvgIpc) is 3.80. The number of esters is 1. The minimum Gasteiger partial charge on any atom is -0.464 e. The van der Waals surface area contributed by atoms with E-state index in [1.807, 2.05) is 0 Å². The summed E-state index contributed by atoms with van der Waals surface area (Å²) in [6.07, 6.45) is 10.5. The number of aryl methyl sites for hydroxylation is 1. The Morgan fingerprint density at radius 2 is 1.93 bits per heavy atom. The highest BCUT2D eigenvalue weighted by Crippen LogP contribution is 2.44. The van der Waals surface area contributed by atoms with Gasteiger partial charge < -0.3 is 24.7 Å². The second-order valence-corrected chi connectivity index (χ2v) is 19.5. The van der Waals surface area contributed by atoms with Crippen LogP contribution >= 0.6 is 11.3 Å². The maximum Gasteiger partial charge on any atom is 0.324 e. The van der Waals surface area contributed by atoms with E-state index in [2.05, 4.69) is 98.1 Å². The first kappa shape index (κ1) is 42.5. The summed E-state index contributed by atoms with van der Waals surface area (Å²) < 4.78 is 14.6. The van der Waals surface area contributed by atoms with Crippen LogP contribution in [0.5, 0.6) is 0 Å². The number of aromatic nitrogens is 3. The van der Waals surface area contributed by atoms with Gasteiger partial charge in [-0.25, -0.2) is 10.4 Å². The highest BCUT2D eigenvalue weighted by Gasteiger charge is 2.42. The summed E-state index contributed by atoms with van der Waals surface area (Å²) in [5.74, 6) is -0.155. The van der Waals surface area contributed by atoms with Crippen molar-refractivity contribution in [2.75, 3.05) is 27.3 Å². The number of thiazole rings is 1. The fraction of sp³-hybridized carbons (Fsp3) is 0.596. The molecule has 60 heavy (non-hydrogen) atoms. The standard InChI is InChI=1S/C47H63N7O5S/c1-8-53-40-16-15-30-20-34(40)36(43(53)35-21-31(24-49-42(35)28(3)58-7)29-12-9-10-13-32(19-29)48-6)23-47(4,5)26-59-46(57)37-14-11-17-54(52-37)45(56)38(22-41-50-39(30)25-60-41)51-44(55)33-18-27(33)2/h15-16,20-21,24-25,27-29,32-33,37-38,48,52H,8-14,17-19,22-23,26H2,1-7H3,(H,51,55)/t27-,28-,29+,32?,33-,37-,38-/m0/s1. The average molecular weight is 838 g/mol. The quantitative estimate of drug-likeness (QED) is 0.122. The van der Waals surface area contributed by atoms with Crippen LogP contribution < -0.4 is 16.1 Å². The molecule has 3 aromatic heterocycles. The predicted octanol–water partition coefficient (Wildman–Crippen LogP) is 7.49. The van der Waals surface area contributed by atoms with E-state index < -0.39 is 17.5 Å². The van der Waals surface area contributed by atoms with Gasteiger partial charge in [0.1, 0.15) is 12.1 Å². The van der Waals surface area contributed by atoms with Crippen molar-refractivity contribution >= 4 is 40.0 Å². The molecule has 12 nitrogen and oxygen atoms in total. The number of methoxy groups -OCH3 is 1. The van der Waals surface area contributed by atoms with Crippen LogP contribution in [0.4, 0.5) is 0 Å². The number of ether oxygens (including phenoxy) is 2. The van der Waals surface area contributed by atoms with Gasteiger partial charge >= 0.3 is 5.97 Å². The lowest BCUT2D eigenvalue weighted by molar-refractivity contribution is -0.155. The third-order valence-corrected chi connectivity index (χ3v) is 14.4. The number of amides is 2. The smallest absolute Gasteiger partial charge is 0.324 e. The molecule has 0 spiro atoms. The van der Waals surface area contributed by atoms with Gasteiger partial charge in [-0.3, -0.25) is 24.4 Å². The summed E-state index contributed by atoms with van der Waals surface area (Å²) in [5, 5.41) is 12.1. The second kappa shape index (κ2) is 17.7. The minimum atomic E-state index is -0.824. The molecule has 8 rings (SSSR count). The van der Waals surface area contributed by atoms with E-state index in [1.165, 1.54) is 46.7 Å². The number of hydrogen-bond acceptors (Lipinski definition) is 10. The molecular weight excluding hydrogens is 775 g/mol. The van der Waals surface area contributed by atoms with Gasteiger partial charge in [-0.1, -0.05) is 39.7 Å². The van der Waals surface area contributed by atoms with Crippen molar-refractivity contribution in [1.29, 1.82) is 0 Å². The predicted molar refractivity (Wildman–Crippen MR) is 235 cm³/mol. The van der Waals surface area contributed by atoms with E-state index in [-0.39, 0.29) is 42.8 Å². The SMILES string of the molecule is CCn1c(-c2cc([C@@H]3CCCCC(NC)C3)cnc2[C@H](C)OC)c2c3cc(ccc31)-c1csc(n1)C[C@H](NC(=O)[C@H]1C[C@@H]1C)C(=O)N1CCC[C@H](N1)C(=O)OCC(C)(C)C2. The summed E-state index contributed by atoms with van der Waals surface area (Å²) in [6.45, 7) is 12.0. The Balaban J connectivity index is 1.27. The number of carbonyl (C=O) groups excluding carboxylic acids is 3. The van der Waals surface area contributed by atoms with Crippen molar-refractivity contribution in [1.82, 2.24) is 35.6 Å². The van der Waals surface area contributed by atoms with Gasteiger partial charge in [-0.15, -0.1) is 11.3 Å². The number of cyclic esters (lactones) is 1. The lowest BCUT2D eigenvalue weighted by atomic mass is 9.83. The third kappa shape index (κ3) is 8.78. The van der Waals surface area contributed by atoms with Gasteiger partial charge in [-0.05, 0) is 107 Å². The fourth-order valence-corrected chi connectivity index (χ4v) is 10.6. The molecule has 5 heterocycles. The van der Waals surface area contributed by atoms with Crippen molar-refractivity contribution in [2.24, 2.45) is 17.3 Å². The lowest BCUT2D eigenvalue weighted by Crippen LogP contribution is -2.60. The van der Waals surface area contributed by atoms with Crippen LogP contribution in [0.25, 0.3) is 33.4 Å². The van der Waals surface area contributed by atoms with E-state index in [9.17, 15) is 14.4 Å². The highest BCUT2D eigenvalue weighted by molar-refractivity contribution is 7.10. The Morgan fingerprint density at radius 3 is 2.68 bits per heavy atom. The van der Waals surface area contributed by atoms with Gasteiger partial charge in [0.15, 0.2) is 0 Å². The van der Waals surface area contributed by atoms with E-state index >= 15 is 0 Å². The van der Waals surface area contributed by atoms with Crippen LogP contribution in [-0.2, 0) is 43.2 Å². The molecule has 13 heteroatoms. The monoisotopic (exact) mass is 837 g/mol. The van der Waals surface area contributed by atoms with Gasteiger partial charge in [-0.2, -0.15) is 0 Å². The number of nitrogens with zero attached hydrogens (tertiary/aromatic N) is 4. The first-order chi connectivity index (χ1) is 28.9. The molecule has 1 aromatic carbocycles. The number of fused-ring (bicyclic) bond motifs is 6. The fourth-order valence-electron chi connectivity index (χ4n) is 9.74. The first-order valence-corrected chi connectivity index (χ1v) is 23.1. The normalized spacial score (nSPS) is 26.6. The van der Waals surface area contributed by atoms with E-state index in [0.717, 1.165) is 69.9 Å². The zero-order valence-corrected chi connectivity index (χ0v) is 37.3. The van der Waals surface area contributed by atoms with Gasteiger partial charge in [0.25, 0.3) is 5.91 Å². The maximum atomic E-state index is 14.2. The van der Waals surface area contributed by atoms with Crippen molar-refractivity contribution in [3.8, 4) is 22.5 Å². The number of hydrogen-bond donors (Lipinski definition) is 3. The Hall–Kier alpha value is -4.17. The van der Waals surface area contributed by atoms with Crippen LogP contribution in [0.2, 0.25) is 0 Å². The molecule has 0 radical (unpaired) electrons. The summed E-state index contributed by atoms with van der Waals surface area (Å²) in [4.78, 5) is 51.6. The third-order valence-electron chi connectivity index (χ3n) is 13.5. The zero-order chi connectivity index (χ0) is 42.3. The van der Waals surface area contributed by atoms with Gasteiger partial charge in [0.05, 0.1) is 34.8 Å². The lowest BCUT2D eigenvalue weighted by Gasteiger charge is -2.35. The Bertz CT molecular complexity index is 2230. The molecule has 3 fully saturated rings. The van der Waals surface area contributed by atoms with Crippen LogP contribution in [0.3, 0.4) is 0 Å². The Labute approximate surface area is 358 Å². The number of rotatable bonds is 8.